The van der Waals surface area contributed by atoms with Gasteiger partial charge in [-0.3, -0.25) is 4.79 Å². The summed E-state index contributed by atoms with van der Waals surface area (Å²) in [6.07, 6.45) is 8.13. The topological polar surface area (TPSA) is 95.2 Å². The summed E-state index contributed by atoms with van der Waals surface area (Å²) in [7, 11) is -3.67. The molecule has 21 heavy (non-hydrogen) atoms. The third-order valence-electron chi connectivity index (χ3n) is 4.27. The maximum Gasteiger partial charge on any atom is 0.260 e. The molecule has 8 heteroatoms. The first-order valence-electron chi connectivity index (χ1n) is 7.39. The summed E-state index contributed by atoms with van der Waals surface area (Å²) in [4.78, 5) is 18.8. The molecule has 1 saturated heterocycles. The minimum atomic E-state index is -3.67. The highest BCUT2D eigenvalue weighted by atomic mass is 32.2. The van der Waals surface area contributed by atoms with Gasteiger partial charge in [-0.15, -0.1) is 0 Å². The molecule has 1 aromatic rings. The lowest BCUT2D eigenvalue weighted by Crippen LogP contribution is -2.48. The van der Waals surface area contributed by atoms with Crippen molar-refractivity contribution in [1.82, 2.24) is 19.6 Å². The van der Waals surface area contributed by atoms with Gasteiger partial charge in [0, 0.05) is 12.6 Å². The number of hydrogen-bond donors (Lipinski definition) is 2. The number of aromatic amines is 1. The standard InChI is InChI=1S/C13H20N4O3S/c18-13(16-10-4-1-2-5-10)11-6-3-7-17(11)21(19,20)12-8-14-9-15-12/h8-11H,1-7H2,(H,14,15)(H,16,18). The molecule has 7 nitrogen and oxygen atoms in total. The van der Waals surface area contributed by atoms with E-state index in [4.69, 9.17) is 0 Å². The lowest BCUT2D eigenvalue weighted by atomic mass is 10.2. The Morgan fingerprint density at radius 3 is 2.71 bits per heavy atom. The van der Waals surface area contributed by atoms with Crippen LogP contribution in [0.1, 0.15) is 38.5 Å². The number of imidazole rings is 1. The number of amides is 1. The quantitative estimate of drug-likeness (QED) is 0.852. The lowest BCUT2D eigenvalue weighted by Gasteiger charge is -2.24. The monoisotopic (exact) mass is 312 g/mol. The second-order valence-corrected chi connectivity index (χ2v) is 7.54. The summed E-state index contributed by atoms with van der Waals surface area (Å²) < 4.78 is 26.3. The normalized spacial score (nSPS) is 24.5. The largest absolute Gasteiger partial charge is 0.352 e. The molecular formula is C13H20N4O3S. The van der Waals surface area contributed by atoms with Crippen LogP contribution in [0, 0.1) is 0 Å². The van der Waals surface area contributed by atoms with Crippen LogP contribution < -0.4 is 5.32 Å². The van der Waals surface area contributed by atoms with Gasteiger partial charge < -0.3 is 10.3 Å². The van der Waals surface area contributed by atoms with Crippen molar-refractivity contribution in [1.29, 1.82) is 0 Å². The van der Waals surface area contributed by atoms with Crippen LogP contribution in [-0.4, -0.2) is 47.2 Å². The van der Waals surface area contributed by atoms with Crippen LogP contribution in [0.5, 0.6) is 0 Å². The van der Waals surface area contributed by atoms with E-state index in [9.17, 15) is 13.2 Å². The fraction of sp³-hybridized carbons (Fsp3) is 0.692. The van der Waals surface area contributed by atoms with Crippen molar-refractivity contribution in [3.8, 4) is 0 Å². The number of nitrogens with zero attached hydrogens (tertiary/aromatic N) is 2. The molecule has 1 unspecified atom stereocenters. The molecule has 1 aliphatic carbocycles. The van der Waals surface area contributed by atoms with Crippen molar-refractivity contribution in [3.05, 3.63) is 12.5 Å². The number of hydrogen-bond acceptors (Lipinski definition) is 4. The number of carbonyl (C=O) groups is 1. The number of aromatic nitrogens is 2. The Kier molecular flexibility index (Phi) is 3.99. The Morgan fingerprint density at radius 2 is 2.05 bits per heavy atom. The van der Waals surface area contributed by atoms with Gasteiger partial charge in [0.2, 0.25) is 5.91 Å². The van der Waals surface area contributed by atoms with Crippen LogP contribution in [0.4, 0.5) is 0 Å². The van der Waals surface area contributed by atoms with Crippen LogP contribution in [-0.2, 0) is 14.8 Å². The summed E-state index contributed by atoms with van der Waals surface area (Å²) in [5, 5.41) is 3.04. The number of nitrogens with one attached hydrogen (secondary N) is 2. The number of rotatable bonds is 4. The minimum Gasteiger partial charge on any atom is -0.352 e. The molecule has 1 aromatic heterocycles. The van der Waals surface area contributed by atoms with E-state index in [-0.39, 0.29) is 17.0 Å². The van der Waals surface area contributed by atoms with Crippen molar-refractivity contribution in [2.45, 2.75) is 55.6 Å². The molecule has 0 radical (unpaired) electrons. The molecule has 2 aliphatic rings. The Morgan fingerprint density at radius 1 is 1.29 bits per heavy atom. The molecule has 0 spiro atoms. The zero-order chi connectivity index (χ0) is 14.9. The molecule has 1 aliphatic heterocycles. The molecule has 2 N–H and O–H groups in total. The van der Waals surface area contributed by atoms with Crippen molar-refractivity contribution >= 4 is 15.9 Å². The highest BCUT2D eigenvalue weighted by Crippen LogP contribution is 2.26. The zero-order valence-corrected chi connectivity index (χ0v) is 12.6. The van der Waals surface area contributed by atoms with Crippen LogP contribution in [0.15, 0.2) is 17.6 Å². The highest BCUT2D eigenvalue weighted by molar-refractivity contribution is 7.89. The number of H-pyrrole nitrogens is 1. The maximum atomic E-state index is 12.5. The summed E-state index contributed by atoms with van der Waals surface area (Å²) >= 11 is 0. The van der Waals surface area contributed by atoms with Crippen molar-refractivity contribution in [2.24, 2.45) is 0 Å². The maximum absolute atomic E-state index is 12.5. The average molecular weight is 312 g/mol. The van der Waals surface area contributed by atoms with Gasteiger partial charge >= 0.3 is 0 Å². The predicted octanol–water partition coefficient (Wildman–Crippen LogP) is 0.622. The van der Waals surface area contributed by atoms with Gasteiger partial charge in [-0.2, -0.15) is 4.31 Å². The van der Waals surface area contributed by atoms with Crippen molar-refractivity contribution in [3.63, 3.8) is 0 Å². The van der Waals surface area contributed by atoms with Gasteiger partial charge in [0.15, 0.2) is 5.03 Å². The van der Waals surface area contributed by atoms with E-state index in [1.165, 1.54) is 16.8 Å². The third kappa shape index (κ3) is 2.82. The van der Waals surface area contributed by atoms with Crippen LogP contribution in [0.2, 0.25) is 0 Å². The second-order valence-electron chi connectivity index (χ2n) is 5.68. The fourth-order valence-electron chi connectivity index (χ4n) is 3.17. The van der Waals surface area contributed by atoms with Crippen molar-refractivity contribution < 1.29 is 13.2 Å². The summed E-state index contributed by atoms with van der Waals surface area (Å²) in [5.74, 6) is -0.164. The van der Waals surface area contributed by atoms with E-state index in [2.05, 4.69) is 15.3 Å². The molecule has 2 heterocycles. The Labute approximate surface area is 124 Å². The molecule has 116 valence electrons. The minimum absolute atomic E-state index is 0.0445. The Hall–Kier alpha value is -1.41. The first kappa shape index (κ1) is 14.5. The van der Waals surface area contributed by atoms with Crippen LogP contribution in [0.25, 0.3) is 0 Å². The van der Waals surface area contributed by atoms with Gasteiger partial charge in [-0.25, -0.2) is 13.4 Å². The van der Waals surface area contributed by atoms with Gasteiger partial charge in [-0.05, 0) is 25.7 Å². The third-order valence-corrected chi connectivity index (χ3v) is 6.10. The lowest BCUT2D eigenvalue weighted by molar-refractivity contribution is -0.124. The Balaban J connectivity index is 1.74. The molecule has 3 rings (SSSR count). The van der Waals surface area contributed by atoms with E-state index < -0.39 is 16.1 Å². The van der Waals surface area contributed by atoms with Crippen LogP contribution in [0.3, 0.4) is 0 Å². The highest BCUT2D eigenvalue weighted by Gasteiger charge is 2.40. The predicted molar refractivity (Wildman–Crippen MR) is 75.9 cm³/mol. The van der Waals surface area contributed by atoms with Crippen molar-refractivity contribution in [2.75, 3.05) is 6.54 Å². The SMILES string of the molecule is O=C(NC1CCCC1)C1CCCN1S(=O)(=O)c1cnc[nH]1. The number of carbonyl (C=O) groups excluding carboxylic acids is 1. The Bertz CT molecular complexity index is 593. The molecule has 0 bridgehead atoms. The summed E-state index contributed by atoms with van der Waals surface area (Å²) in [5.41, 5.74) is 0. The van der Waals surface area contributed by atoms with E-state index in [1.807, 2.05) is 0 Å². The molecule has 2 fully saturated rings. The molecule has 1 atom stereocenters. The molecule has 1 amide bonds. The fourth-order valence-corrected chi connectivity index (χ4v) is 4.72. The average Bonchev–Trinajstić information content (AvgIpc) is 3.20. The van der Waals surface area contributed by atoms with Gasteiger partial charge in [0.05, 0.1) is 12.5 Å². The van der Waals surface area contributed by atoms with E-state index in [0.717, 1.165) is 25.7 Å². The smallest absolute Gasteiger partial charge is 0.260 e. The summed E-state index contributed by atoms with van der Waals surface area (Å²) in [6.45, 7) is 0.379. The van der Waals surface area contributed by atoms with Gasteiger partial charge in [-0.1, -0.05) is 12.8 Å². The van der Waals surface area contributed by atoms with Crippen LogP contribution >= 0.6 is 0 Å². The summed E-state index contributed by atoms with van der Waals surface area (Å²) in [6, 6.07) is -0.395. The first-order valence-corrected chi connectivity index (χ1v) is 8.83. The number of sulfonamides is 1. The second kappa shape index (κ2) is 5.76. The molecule has 0 aromatic carbocycles. The molecular weight excluding hydrogens is 292 g/mol. The molecule has 1 saturated carbocycles. The van der Waals surface area contributed by atoms with E-state index in [0.29, 0.717) is 19.4 Å². The van der Waals surface area contributed by atoms with Gasteiger partial charge in [0.25, 0.3) is 10.0 Å². The first-order chi connectivity index (χ1) is 10.1. The van der Waals surface area contributed by atoms with Gasteiger partial charge in [0.1, 0.15) is 6.04 Å². The van der Waals surface area contributed by atoms with E-state index >= 15 is 0 Å². The zero-order valence-electron chi connectivity index (χ0n) is 11.8. The van der Waals surface area contributed by atoms with E-state index in [1.54, 1.807) is 0 Å².